The van der Waals surface area contributed by atoms with Crippen molar-refractivity contribution in [3.63, 3.8) is 0 Å². The first-order chi connectivity index (χ1) is 14.1. The first kappa shape index (κ1) is 19.4. The lowest BCUT2D eigenvalue weighted by atomic mass is 10.1. The van der Waals surface area contributed by atoms with Gasteiger partial charge < -0.3 is 15.5 Å². The Morgan fingerprint density at radius 2 is 1.93 bits per heavy atom. The predicted octanol–water partition coefficient (Wildman–Crippen LogP) is 3.26. The zero-order valence-corrected chi connectivity index (χ0v) is 16.5. The van der Waals surface area contributed by atoms with Gasteiger partial charge >= 0.3 is 0 Å². The van der Waals surface area contributed by atoms with Crippen LogP contribution in [-0.2, 0) is 6.42 Å². The van der Waals surface area contributed by atoms with Crippen LogP contribution >= 0.6 is 11.6 Å². The molecule has 0 saturated carbocycles. The van der Waals surface area contributed by atoms with E-state index in [-0.39, 0.29) is 10.6 Å². The average molecular weight is 413 g/mol. The van der Waals surface area contributed by atoms with Crippen molar-refractivity contribution < 1.29 is 4.92 Å². The maximum absolute atomic E-state index is 11.7. The molecular formula is C20H21ClN6O2. The minimum Gasteiger partial charge on any atom is -0.369 e. The van der Waals surface area contributed by atoms with Crippen LogP contribution in [0.2, 0.25) is 5.02 Å². The van der Waals surface area contributed by atoms with Crippen LogP contribution in [0.5, 0.6) is 0 Å². The topological polar surface area (TPSA) is 96.2 Å². The van der Waals surface area contributed by atoms with Gasteiger partial charge in [0.1, 0.15) is 17.8 Å². The van der Waals surface area contributed by atoms with Crippen LogP contribution in [0, 0.1) is 10.1 Å². The highest BCUT2D eigenvalue weighted by Crippen LogP contribution is 2.34. The van der Waals surface area contributed by atoms with Crippen LogP contribution in [0.25, 0.3) is 10.9 Å². The first-order valence-electron chi connectivity index (χ1n) is 9.49. The lowest BCUT2D eigenvalue weighted by molar-refractivity contribution is -0.384. The van der Waals surface area contributed by atoms with E-state index in [1.54, 1.807) is 12.1 Å². The van der Waals surface area contributed by atoms with Crippen LogP contribution in [0.3, 0.4) is 0 Å². The Morgan fingerprint density at radius 3 is 2.66 bits per heavy atom. The molecule has 0 spiro atoms. The highest BCUT2D eigenvalue weighted by atomic mass is 35.5. The van der Waals surface area contributed by atoms with Crippen molar-refractivity contribution in [3.05, 3.63) is 63.4 Å². The van der Waals surface area contributed by atoms with Crippen LogP contribution in [0.4, 0.5) is 17.2 Å². The largest absolute Gasteiger partial charge is 0.369 e. The molecule has 1 aliphatic rings. The number of nitro groups is 1. The number of hydrogen-bond donors (Lipinski definition) is 2. The van der Waals surface area contributed by atoms with E-state index in [0.717, 1.165) is 38.2 Å². The van der Waals surface area contributed by atoms with E-state index in [4.69, 9.17) is 11.6 Å². The summed E-state index contributed by atoms with van der Waals surface area (Å²) in [6, 6.07) is 11.1. The maximum atomic E-state index is 11.7. The van der Waals surface area contributed by atoms with E-state index < -0.39 is 0 Å². The zero-order chi connectivity index (χ0) is 20.2. The Hall–Kier alpha value is -2.97. The highest BCUT2D eigenvalue weighted by molar-refractivity contribution is 6.30. The van der Waals surface area contributed by atoms with Gasteiger partial charge in [-0.15, -0.1) is 0 Å². The molecule has 4 rings (SSSR count). The number of anilines is 2. The fourth-order valence-electron chi connectivity index (χ4n) is 3.50. The second-order valence-electron chi connectivity index (χ2n) is 6.88. The minimum atomic E-state index is -0.332. The van der Waals surface area contributed by atoms with E-state index in [1.165, 1.54) is 6.33 Å². The molecule has 0 bridgehead atoms. The molecule has 0 atom stereocenters. The van der Waals surface area contributed by atoms with Crippen molar-refractivity contribution in [3.8, 4) is 0 Å². The maximum Gasteiger partial charge on any atom is 0.293 e. The Morgan fingerprint density at radius 1 is 1.17 bits per heavy atom. The molecule has 3 aromatic rings. The molecule has 0 radical (unpaired) electrons. The molecule has 2 heterocycles. The van der Waals surface area contributed by atoms with Crippen molar-refractivity contribution in [2.24, 2.45) is 0 Å². The van der Waals surface area contributed by atoms with Crippen molar-refractivity contribution in [2.75, 3.05) is 42.9 Å². The van der Waals surface area contributed by atoms with Gasteiger partial charge in [-0.25, -0.2) is 9.97 Å². The summed E-state index contributed by atoms with van der Waals surface area (Å²) < 4.78 is 0. The Kier molecular flexibility index (Phi) is 5.73. The number of hydrogen-bond acceptors (Lipinski definition) is 7. The van der Waals surface area contributed by atoms with Crippen molar-refractivity contribution in [1.82, 2.24) is 15.3 Å². The number of piperazine rings is 1. The smallest absolute Gasteiger partial charge is 0.293 e. The van der Waals surface area contributed by atoms with E-state index in [0.29, 0.717) is 34.0 Å². The number of nitrogens with zero attached hydrogens (tertiary/aromatic N) is 4. The molecule has 1 aromatic heterocycles. The molecule has 0 amide bonds. The standard InChI is InChI=1S/C20H21ClN6O2/c21-15-3-1-14(2-4-15)5-6-23-20-16-11-19(27(28)29)18(12-17(16)24-13-25-20)26-9-7-22-8-10-26/h1-4,11-13,22H,5-10H2,(H,23,24,25). The monoisotopic (exact) mass is 412 g/mol. The van der Waals surface area contributed by atoms with E-state index in [1.807, 2.05) is 29.2 Å². The lowest BCUT2D eigenvalue weighted by Gasteiger charge is -2.29. The van der Waals surface area contributed by atoms with Gasteiger partial charge in [-0.3, -0.25) is 10.1 Å². The Bertz CT molecular complexity index is 1020. The second kappa shape index (κ2) is 8.59. The summed E-state index contributed by atoms with van der Waals surface area (Å²) in [5.41, 5.74) is 2.52. The third-order valence-electron chi connectivity index (χ3n) is 5.01. The van der Waals surface area contributed by atoms with E-state index in [9.17, 15) is 10.1 Å². The van der Waals surface area contributed by atoms with Gasteiger partial charge in [0, 0.05) is 49.2 Å². The molecule has 2 aromatic carbocycles. The van der Waals surface area contributed by atoms with E-state index >= 15 is 0 Å². The molecule has 150 valence electrons. The van der Waals surface area contributed by atoms with Crippen LogP contribution in [0.15, 0.2) is 42.7 Å². The number of nitro benzene ring substituents is 1. The molecule has 1 fully saturated rings. The van der Waals surface area contributed by atoms with Gasteiger partial charge in [-0.1, -0.05) is 23.7 Å². The third-order valence-corrected chi connectivity index (χ3v) is 5.26. The number of nitrogens with one attached hydrogen (secondary N) is 2. The van der Waals surface area contributed by atoms with Gasteiger partial charge in [0.15, 0.2) is 0 Å². The van der Waals surface area contributed by atoms with Crippen molar-refractivity contribution in [1.29, 1.82) is 0 Å². The molecule has 0 unspecified atom stereocenters. The zero-order valence-electron chi connectivity index (χ0n) is 15.8. The first-order valence-corrected chi connectivity index (χ1v) is 9.87. The molecule has 8 nitrogen and oxygen atoms in total. The molecule has 2 N–H and O–H groups in total. The van der Waals surface area contributed by atoms with Crippen LogP contribution in [0.1, 0.15) is 5.56 Å². The van der Waals surface area contributed by atoms with Crippen molar-refractivity contribution >= 4 is 39.7 Å². The number of halogens is 1. The average Bonchev–Trinajstić information content (AvgIpc) is 2.75. The number of fused-ring (bicyclic) bond motifs is 1. The Labute approximate surface area is 173 Å². The van der Waals surface area contributed by atoms with Gasteiger partial charge in [-0.2, -0.15) is 0 Å². The van der Waals surface area contributed by atoms with Crippen molar-refractivity contribution in [2.45, 2.75) is 6.42 Å². The summed E-state index contributed by atoms with van der Waals surface area (Å²) in [5.74, 6) is 0.596. The summed E-state index contributed by atoms with van der Waals surface area (Å²) in [7, 11) is 0. The minimum absolute atomic E-state index is 0.0787. The summed E-state index contributed by atoms with van der Waals surface area (Å²) >= 11 is 5.92. The predicted molar refractivity (Wildman–Crippen MR) is 115 cm³/mol. The van der Waals surface area contributed by atoms with Gasteiger partial charge in [0.25, 0.3) is 5.69 Å². The fourth-order valence-corrected chi connectivity index (χ4v) is 3.63. The summed E-state index contributed by atoms with van der Waals surface area (Å²) in [6.45, 7) is 3.70. The van der Waals surface area contributed by atoms with Gasteiger partial charge in [0.2, 0.25) is 0 Å². The molecule has 1 saturated heterocycles. The molecule has 1 aliphatic heterocycles. The van der Waals surface area contributed by atoms with Gasteiger partial charge in [0.05, 0.1) is 10.4 Å². The Balaban J connectivity index is 1.60. The summed E-state index contributed by atoms with van der Waals surface area (Å²) in [5, 5.41) is 19.6. The van der Waals surface area contributed by atoms with Gasteiger partial charge in [-0.05, 0) is 30.2 Å². The molecule has 0 aliphatic carbocycles. The number of rotatable bonds is 6. The SMILES string of the molecule is O=[N+]([O-])c1cc2c(NCCc3ccc(Cl)cc3)ncnc2cc1N1CCNCC1. The molecular weight excluding hydrogens is 392 g/mol. The highest BCUT2D eigenvalue weighted by Gasteiger charge is 2.23. The van der Waals surface area contributed by atoms with Crippen LogP contribution < -0.4 is 15.5 Å². The fraction of sp³-hybridized carbons (Fsp3) is 0.300. The third kappa shape index (κ3) is 4.38. The van der Waals surface area contributed by atoms with E-state index in [2.05, 4.69) is 20.6 Å². The molecule has 9 heteroatoms. The quantitative estimate of drug-likeness (QED) is 0.473. The second-order valence-corrected chi connectivity index (χ2v) is 7.31. The summed E-state index contributed by atoms with van der Waals surface area (Å²) in [6.07, 6.45) is 2.27. The molecule has 29 heavy (non-hydrogen) atoms. The lowest BCUT2D eigenvalue weighted by Crippen LogP contribution is -2.43. The van der Waals surface area contributed by atoms with Crippen LogP contribution in [-0.4, -0.2) is 47.6 Å². The normalized spacial score (nSPS) is 14.2. The summed E-state index contributed by atoms with van der Waals surface area (Å²) in [4.78, 5) is 22.1. The number of aromatic nitrogens is 2. The number of benzene rings is 2.